The van der Waals surface area contributed by atoms with E-state index in [0.29, 0.717) is 47.6 Å². The highest BCUT2D eigenvalue weighted by Gasteiger charge is 2.39. The minimum absolute atomic E-state index is 0.0365. The molecule has 29 heavy (non-hydrogen) atoms. The molecule has 6 heteroatoms. The molecule has 152 valence electrons. The number of carbonyl (C=O) groups is 1. The fourth-order valence-corrected chi connectivity index (χ4v) is 4.50. The number of nitrogens with one attached hydrogen (secondary N) is 1. The summed E-state index contributed by atoms with van der Waals surface area (Å²) in [5, 5.41) is 18.2. The summed E-state index contributed by atoms with van der Waals surface area (Å²) in [6.07, 6.45) is 2.85. The van der Waals surface area contributed by atoms with Crippen LogP contribution in [0.1, 0.15) is 46.0 Å². The van der Waals surface area contributed by atoms with Gasteiger partial charge in [-0.2, -0.15) is 0 Å². The van der Waals surface area contributed by atoms with Crippen molar-refractivity contribution in [1.29, 1.82) is 5.41 Å². The van der Waals surface area contributed by atoms with Crippen molar-refractivity contribution >= 4 is 12.0 Å². The van der Waals surface area contributed by atoms with Gasteiger partial charge in [0.15, 0.2) is 11.5 Å². The second kappa shape index (κ2) is 7.19. The van der Waals surface area contributed by atoms with Crippen molar-refractivity contribution in [3.05, 3.63) is 52.1 Å². The first-order chi connectivity index (χ1) is 13.9. The maximum absolute atomic E-state index is 13.5. The number of carbonyl (C=O) groups excluding carboxylic acids is 1. The van der Waals surface area contributed by atoms with Crippen LogP contribution >= 0.6 is 0 Å². The molecule has 1 aliphatic carbocycles. The number of ketones is 1. The Morgan fingerprint density at radius 3 is 2.69 bits per heavy atom. The zero-order valence-electron chi connectivity index (χ0n) is 16.9. The van der Waals surface area contributed by atoms with E-state index in [1.807, 2.05) is 6.07 Å². The van der Waals surface area contributed by atoms with Gasteiger partial charge >= 0.3 is 0 Å². The number of para-hydroxylation sites is 1. The van der Waals surface area contributed by atoms with E-state index in [0.717, 1.165) is 16.7 Å². The van der Waals surface area contributed by atoms with Gasteiger partial charge < -0.3 is 24.7 Å². The van der Waals surface area contributed by atoms with Gasteiger partial charge in [0.25, 0.3) is 0 Å². The van der Waals surface area contributed by atoms with E-state index >= 15 is 0 Å². The topological polar surface area (TPSA) is 88.8 Å². The van der Waals surface area contributed by atoms with Crippen LogP contribution in [0.4, 0.5) is 0 Å². The molecule has 0 saturated heterocycles. The van der Waals surface area contributed by atoms with Gasteiger partial charge in [-0.05, 0) is 61.2 Å². The number of fused-ring (bicyclic) bond motifs is 4. The van der Waals surface area contributed by atoms with Crippen LogP contribution < -0.4 is 14.2 Å². The van der Waals surface area contributed by atoms with E-state index in [-0.39, 0.29) is 18.3 Å². The van der Waals surface area contributed by atoms with Crippen LogP contribution in [0.25, 0.3) is 0 Å². The molecule has 0 bridgehead atoms. The monoisotopic (exact) mass is 395 g/mol. The molecule has 2 aliphatic rings. The molecular weight excluding hydrogens is 370 g/mol. The SMILES string of the molecule is COc1cccc2c1OCc1c3c(cc(OC)c1C2=O)C[C@@H]([C@@](C)(O)CC=N)C3. The third-order valence-corrected chi connectivity index (χ3v) is 6.17. The zero-order valence-corrected chi connectivity index (χ0v) is 16.9. The maximum Gasteiger partial charge on any atom is 0.201 e. The lowest BCUT2D eigenvalue weighted by Gasteiger charge is -2.28. The summed E-state index contributed by atoms with van der Waals surface area (Å²) in [5.41, 5.74) is 2.90. The van der Waals surface area contributed by atoms with Crippen LogP contribution in [0, 0.1) is 11.3 Å². The zero-order chi connectivity index (χ0) is 20.8. The molecule has 0 amide bonds. The molecule has 0 radical (unpaired) electrons. The number of aliphatic hydroxyl groups is 1. The van der Waals surface area contributed by atoms with Gasteiger partial charge in [0.05, 0.1) is 30.9 Å². The van der Waals surface area contributed by atoms with Crippen molar-refractivity contribution in [2.45, 2.75) is 38.4 Å². The predicted molar refractivity (Wildman–Crippen MR) is 109 cm³/mol. The Morgan fingerprint density at radius 1 is 1.24 bits per heavy atom. The smallest absolute Gasteiger partial charge is 0.201 e. The number of benzene rings is 2. The summed E-state index contributed by atoms with van der Waals surface area (Å²) in [6.45, 7) is 2.00. The molecule has 2 N–H and O–H groups in total. The largest absolute Gasteiger partial charge is 0.496 e. The van der Waals surface area contributed by atoms with Gasteiger partial charge in [-0.1, -0.05) is 6.07 Å². The average molecular weight is 395 g/mol. The Balaban J connectivity index is 1.84. The first-order valence-corrected chi connectivity index (χ1v) is 9.68. The van der Waals surface area contributed by atoms with Crippen LogP contribution in [0.15, 0.2) is 24.3 Å². The highest BCUT2D eigenvalue weighted by Crippen LogP contribution is 2.45. The molecule has 1 aliphatic heterocycles. The summed E-state index contributed by atoms with van der Waals surface area (Å²) >= 11 is 0. The van der Waals surface area contributed by atoms with Gasteiger partial charge in [0.2, 0.25) is 5.78 Å². The van der Waals surface area contributed by atoms with E-state index in [2.05, 4.69) is 0 Å². The number of methoxy groups -OCH3 is 2. The standard InChI is InChI=1S/C23H25NO5/c1-23(26,7-8-24)14-9-13-10-19(28-3)20-17(16(13)11-14)12-29-22-15(21(20)25)5-4-6-18(22)27-2/h4-6,8,10,14,24,26H,7,9,11-12H2,1-3H3/t14-,23+/m1/s1. The molecule has 0 unspecified atom stereocenters. The van der Waals surface area contributed by atoms with E-state index in [4.69, 9.17) is 19.6 Å². The quantitative estimate of drug-likeness (QED) is 0.758. The minimum atomic E-state index is -0.983. The van der Waals surface area contributed by atoms with Crippen LogP contribution in [0.3, 0.4) is 0 Å². The summed E-state index contributed by atoms with van der Waals surface area (Å²) < 4.78 is 17.0. The molecule has 0 spiro atoms. The van der Waals surface area contributed by atoms with Gasteiger partial charge in [-0.3, -0.25) is 4.79 Å². The second-order valence-electron chi connectivity index (χ2n) is 7.90. The Labute approximate surface area is 169 Å². The Hall–Kier alpha value is -2.86. The van der Waals surface area contributed by atoms with Crippen molar-refractivity contribution < 1.29 is 24.1 Å². The first-order valence-electron chi connectivity index (χ1n) is 9.68. The van der Waals surface area contributed by atoms with Crippen LogP contribution in [0.5, 0.6) is 17.2 Å². The highest BCUT2D eigenvalue weighted by atomic mass is 16.5. The van der Waals surface area contributed by atoms with E-state index < -0.39 is 5.60 Å². The minimum Gasteiger partial charge on any atom is -0.496 e. The molecule has 6 nitrogen and oxygen atoms in total. The van der Waals surface area contributed by atoms with Crippen molar-refractivity contribution in [1.82, 2.24) is 0 Å². The van der Waals surface area contributed by atoms with Crippen molar-refractivity contribution in [3.8, 4) is 17.2 Å². The van der Waals surface area contributed by atoms with E-state index in [9.17, 15) is 9.90 Å². The summed E-state index contributed by atoms with van der Waals surface area (Å²) in [6, 6.07) is 7.19. The van der Waals surface area contributed by atoms with Crippen LogP contribution in [-0.4, -0.2) is 36.9 Å². The lowest BCUT2D eigenvalue weighted by atomic mass is 9.84. The van der Waals surface area contributed by atoms with E-state index in [1.165, 1.54) is 6.21 Å². The maximum atomic E-state index is 13.5. The van der Waals surface area contributed by atoms with Gasteiger partial charge in [0, 0.05) is 12.0 Å². The molecule has 4 rings (SSSR count). The van der Waals surface area contributed by atoms with Gasteiger partial charge in [0.1, 0.15) is 12.4 Å². The van der Waals surface area contributed by atoms with Crippen molar-refractivity contribution in [2.24, 2.45) is 5.92 Å². The van der Waals surface area contributed by atoms with Crippen molar-refractivity contribution in [3.63, 3.8) is 0 Å². The predicted octanol–water partition coefficient (Wildman–Crippen LogP) is 3.33. The Morgan fingerprint density at radius 2 is 2.00 bits per heavy atom. The molecule has 0 aromatic heterocycles. The third kappa shape index (κ3) is 3.08. The summed E-state index contributed by atoms with van der Waals surface area (Å²) in [4.78, 5) is 13.5. The molecule has 2 aromatic carbocycles. The van der Waals surface area contributed by atoms with E-state index in [1.54, 1.807) is 39.3 Å². The van der Waals surface area contributed by atoms with Crippen LogP contribution in [0.2, 0.25) is 0 Å². The number of ether oxygens (including phenoxy) is 3. The van der Waals surface area contributed by atoms with Gasteiger partial charge in [-0.15, -0.1) is 0 Å². The lowest BCUT2D eigenvalue weighted by molar-refractivity contribution is 0.0106. The third-order valence-electron chi connectivity index (χ3n) is 6.17. The normalized spacial score (nSPS) is 19.2. The molecule has 2 atom stereocenters. The number of hydrogen-bond donors (Lipinski definition) is 2. The molecule has 2 aromatic rings. The van der Waals surface area contributed by atoms with Gasteiger partial charge in [-0.25, -0.2) is 0 Å². The fraction of sp³-hybridized carbons (Fsp3) is 0.391. The summed E-state index contributed by atoms with van der Waals surface area (Å²) in [5.74, 6) is 1.30. The Bertz CT molecular complexity index is 995. The lowest BCUT2D eigenvalue weighted by Crippen LogP contribution is -2.35. The first kappa shape index (κ1) is 19.5. The van der Waals surface area contributed by atoms with Crippen molar-refractivity contribution in [2.75, 3.05) is 14.2 Å². The fourth-order valence-electron chi connectivity index (χ4n) is 4.50. The molecule has 0 saturated carbocycles. The molecule has 1 heterocycles. The van der Waals surface area contributed by atoms with Crippen LogP contribution in [-0.2, 0) is 19.4 Å². The highest BCUT2D eigenvalue weighted by molar-refractivity contribution is 6.14. The Kier molecular flexibility index (Phi) is 4.82. The second-order valence-corrected chi connectivity index (χ2v) is 7.90. The molecular formula is C23H25NO5. The number of rotatable bonds is 5. The number of hydrogen-bond acceptors (Lipinski definition) is 6. The summed E-state index contributed by atoms with van der Waals surface area (Å²) in [7, 11) is 3.11. The average Bonchev–Trinajstić information content (AvgIpc) is 3.09. The molecule has 0 fully saturated rings.